The molecule has 1 saturated heterocycles. The van der Waals surface area contributed by atoms with Crippen molar-refractivity contribution in [2.75, 3.05) is 27.4 Å². The molecule has 0 saturated carbocycles. The van der Waals surface area contributed by atoms with Gasteiger partial charge in [0, 0.05) is 59.0 Å². The number of nitro benzene ring substituents is 1. The number of benzene rings is 2. The van der Waals surface area contributed by atoms with E-state index in [0.29, 0.717) is 52.6 Å². The van der Waals surface area contributed by atoms with Gasteiger partial charge in [0.05, 0.1) is 30.8 Å². The molecule has 216 valence electrons. The smallest absolute Gasteiger partial charge is 0.336 e. The van der Waals surface area contributed by atoms with Gasteiger partial charge in [-0.3, -0.25) is 14.9 Å². The maximum absolute atomic E-state index is 14.0. The lowest BCUT2D eigenvalue weighted by atomic mass is 9.71. The summed E-state index contributed by atoms with van der Waals surface area (Å²) in [6.07, 6.45) is 2.20. The van der Waals surface area contributed by atoms with E-state index >= 15 is 0 Å². The number of nitrogens with zero attached hydrogens (tertiary/aromatic N) is 1. The Hall–Kier alpha value is -4.18. The number of aryl methyl sites for hydroxylation is 1. The third kappa shape index (κ3) is 5.56. The van der Waals surface area contributed by atoms with Gasteiger partial charge in [-0.15, -0.1) is 0 Å². The molecule has 10 heteroatoms. The first-order chi connectivity index (χ1) is 19.7. The minimum absolute atomic E-state index is 0.0739. The van der Waals surface area contributed by atoms with Gasteiger partial charge in [-0.1, -0.05) is 12.1 Å². The van der Waals surface area contributed by atoms with Crippen molar-refractivity contribution in [3.05, 3.63) is 85.7 Å². The molecule has 0 amide bonds. The Balaban J connectivity index is 1.56. The van der Waals surface area contributed by atoms with Gasteiger partial charge in [-0.2, -0.15) is 0 Å². The second-order valence-electron chi connectivity index (χ2n) is 10.7. The van der Waals surface area contributed by atoms with E-state index in [9.17, 15) is 19.7 Å². The molecule has 1 N–H and O–H groups in total. The van der Waals surface area contributed by atoms with Crippen molar-refractivity contribution in [1.29, 1.82) is 0 Å². The van der Waals surface area contributed by atoms with Gasteiger partial charge in [-0.25, -0.2) is 4.79 Å². The fraction of sp³-hybridized carbons (Fsp3) is 0.419. The van der Waals surface area contributed by atoms with Crippen LogP contribution < -0.4 is 14.8 Å². The fourth-order valence-corrected chi connectivity index (χ4v) is 6.05. The molecular weight excluding hydrogens is 528 g/mol. The summed E-state index contributed by atoms with van der Waals surface area (Å²) in [7, 11) is 3.17. The zero-order valence-corrected chi connectivity index (χ0v) is 23.7. The van der Waals surface area contributed by atoms with Gasteiger partial charge in [0.2, 0.25) is 0 Å². The van der Waals surface area contributed by atoms with Crippen molar-refractivity contribution in [2.24, 2.45) is 0 Å². The molecule has 41 heavy (non-hydrogen) atoms. The lowest BCUT2D eigenvalue weighted by Crippen LogP contribution is -2.36. The summed E-state index contributed by atoms with van der Waals surface area (Å²) in [5, 5.41) is 15.1. The molecule has 5 rings (SSSR count). The monoisotopic (exact) mass is 562 g/mol. The van der Waals surface area contributed by atoms with E-state index in [4.69, 9.17) is 18.9 Å². The molecule has 2 aliphatic heterocycles. The number of ether oxygens (including phenoxy) is 4. The molecule has 3 atom stereocenters. The number of carbonyl (C=O) groups is 2. The van der Waals surface area contributed by atoms with Crippen molar-refractivity contribution >= 4 is 17.4 Å². The maximum Gasteiger partial charge on any atom is 0.336 e. The highest BCUT2D eigenvalue weighted by molar-refractivity contribution is 6.04. The number of rotatable bonds is 8. The molecule has 1 fully saturated rings. The number of dihydropyridines is 1. The summed E-state index contributed by atoms with van der Waals surface area (Å²) < 4.78 is 22.3. The zero-order valence-electron chi connectivity index (χ0n) is 23.7. The Kier molecular flexibility index (Phi) is 8.12. The number of esters is 1. The van der Waals surface area contributed by atoms with Crippen molar-refractivity contribution in [2.45, 2.75) is 57.5 Å². The number of nitro groups is 1. The number of nitrogens with one attached hydrogen (secondary N) is 1. The Labute approximate surface area is 238 Å². The molecule has 0 bridgehead atoms. The maximum atomic E-state index is 14.0. The Morgan fingerprint density at radius 1 is 1.12 bits per heavy atom. The number of Topliss-reactive ketones (excluding diaryl/α,β-unsaturated/α-hetero) is 1. The summed E-state index contributed by atoms with van der Waals surface area (Å²) >= 11 is 0. The molecule has 0 aromatic heterocycles. The number of carbonyl (C=O) groups excluding carboxylic acids is 2. The predicted octanol–water partition coefficient (Wildman–Crippen LogP) is 5.00. The first-order valence-corrected chi connectivity index (χ1v) is 13.7. The highest BCUT2D eigenvalue weighted by Crippen LogP contribution is 2.48. The van der Waals surface area contributed by atoms with Crippen LogP contribution in [0.15, 0.2) is 58.9 Å². The summed E-state index contributed by atoms with van der Waals surface area (Å²) in [6.45, 7) is 4.16. The molecule has 2 heterocycles. The second-order valence-corrected chi connectivity index (χ2v) is 10.7. The number of allylic oxidation sites excluding steroid dienone is 3. The van der Waals surface area contributed by atoms with E-state index in [2.05, 4.69) is 5.32 Å². The molecule has 1 aliphatic carbocycles. The van der Waals surface area contributed by atoms with Crippen LogP contribution in [0.3, 0.4) is 0 Å². The van der Waals surface area contributed by atoms with Gasteiger partial charge in [-0.05, 0) is 56.9 Å². The van der Waals surface area contributed by atoms with Crippen molar-refractivity contribution < 1.29 is 33.5 Å². The van der Waals surface area contributed by atoms with Gasteiger partial charge in [0.15, 0.2) is 5.78 Å². The van der Waals surface area contributed by atoms with E-state index in [1.54, 1.807) is 46.3 Å². The number of hydrogen-bond acceptors (Lipinski definition) is 9. The molecule has 3 aliphatic rings. The molecule has 2 aromatic rings. The molecule has 10 nitrogen and oxygen atoms in total. The van der Waals surface area contributed by atoms with Crippen LogP contribution in [0, 0.1) is 17.0 Å². The lowest BCUT2D eigenvalue weighted by Gasteiger charge is -2.37. The van der Waals surface area contributed by atoms with E-state index < -0.39 is 16.8 Å². The number of methoxy groups -OCH3 is 2. The third-order valence-electron chi connectivity index (χ3n) is 8.11. The van der Waals surface area contributed by atoms with Crippen LogP contribution in [0.1, 0.15) is 61.1 Å². The SMILES string of the molecule is COc1ccc(OC)c([C@H]2CC(=O)C3=C(C2)NC(C)=C(C(=O)OC[C@@H]2CCCO2)[C@H]3c2ccc(C)c([N+](=O)[O-])c2)c1. The first-order valence-electron chi connectivity index (χ1n) is 13.7. The topological polar surface area (TPSA) is 126 Å². The van der Waals surface area contributed by atoms with Crippen molar-refractivity contribution in [3.8, 4) is 11.5 Å². The number of hydrogen-bond donors (Lipinski definition) is 1. The van der Waals surface area contributed by atoms with Crippen LogP contribution in [0.5, 0.6) is 11.5 Å². The van der Waals surface area contributed by atoms with Crippen LogP contribution in [0.4, 0.5) is 5.69 Å². The van der Waals surface area contributed by atoms with Crippen molar-refractivity contribution in [3.63, 3.8) is 0 Å². The van der Waals surface area contributed by atoms with Gasteiger partial charge < -0.3 is 24.3 Å². The highest BCUT2D eigenvalue weighted by atomic mass is 16.6. The molecule has 2 aromatic carbocycles. The van der Waals surface area contributed by atoms with Crippen LogP contribution >= 0.6 is 0 Å². The quantitative estimate of drug-likeness (QED) is 0.269. The van der Waals surface area contributed by atoms with Crippen LogP contribution in [-0.4, -0.2) is 50.2 Å². The zero-order chi connectivity index (χ0) is 29.3. The minimum atomic E-state index is -0.816. The third-order valence-corrected chi connectivity index (χ3v) is 8.11. The summed E-state index contributed by atoms with van der Waals surface area (Å²) in [5.41, 5.74) is 3.67. The van der Waals surface area contributed by atoms with E-state index in [1.165, 1.54) is 6.07 Å². The molecule has 0 unspecified atom stereocenters. The Morgan fingerprint density at radius 2 is 1.93 bits per heavy atom. The van der Waals surface area contributed by atoms with Gasteiger partial charge in [0.25, 0.3) is 5.69 Å². The molecular formula is C31H34N2O8. The Morgan fingerprint density at radius 3 is 2.61 bits per heavy atom. The predicted molar refractivity (Wildman–Crippen MR) is 150 cm³/mol. The summed E-state index contributed by atoms with van der Waals surface area (Å²) in [5.74, 6) is -0.439. The van der Waals surface area contributed by atoms with Crippen LogP contribution in [0.2, 0.25) is 0 Å². The molecule has 0 radical (unpaired) electrons. The lowest BCUT2D eigenvalue weighted by molar-refractivity contribution is -0.385. The second kappa shape index (κ2) is 11.7. The van der Waals surface area contributed by atoms with E-state index in [-0.39, 0.29) is 42.1 Å². The van der Waals surface area contributed by atoms with Crippen molar-refractivity contribution in [1.82, 2.24) is 5.32 Å². The van der Waals surface area contributed by atoms with E-state index in [0.717, 1.165) is 18.4 Å². The average Bonchev–Trinajstić information content (AvgIpc) is 3.48. The van der Waals surface area contributed by atoms with Crippen LogP contribution in [0.25, 0.3) is 0 Å². The summed E-state index contributed by atoms with van der Waals surface area (Å²) in [4.78, 5) is 38.9. The minimum Gasteiger partial charge on any atom is -0.497 e. The van der Waals surface area contributed by atoms with Gasteiger partial charge in [0.1, 0.15) is 18.1 Å². The number of ketones is 1. The first kappa shape index (κ1) is 28.4. The van der Waals surface area contributed by atoms with Crippen LogP contribution in [-0.2, 0) is 19.1 Å². The molecule has 0 spiro atoms. The Bertz CT molecular complexity index is 1450. The summed E-state index contributed by atoms with van der Waals surface area (Å²) in [6, 6.07) is 10.4. The average molecular weight is 563 g/mol. The standard InChI is InChI=1S/C31H34N2O8/c1-17-7-8-19(13-25(17)33(36)37)29-28(31(35)41-16-22-6-5-11-40-22)18(2)32-24-12-20(14-26(34)30(24)29)23-15-21(38-3)9-10-27(23)39-4/h7-10,13,15,20,22,29,32H,5-6,11-12,14,16H2,1-4H3/t20-,22+,29-/m1/s1. The largest absolute Gasteiger partial charge is 0.497 e. The highest BCUT2D eigenvalue weighted by Gasteiger charge is 2.42. The normalized spacial score (nSPS) is 22.2. The van der Waals surface area contributed by atoms with Gasteiger partial charge >= 0.3 is 5.97 Å². The fourth-order valence-electron chi connectivity index (χ4n) is 6.05. The van der Waals surface area contributed by atoms with E-state index in [1.807, 2.05) is 12.1 Å².